The molecule has 1 unspecified atom stereocenters. The van der Waals surface area contributed by atoms with Crippen LogP contribution in [-0.2, 0) is 22.6 Å². The van der Waals surface area contributed by atoms with Crippen molar-refractivity contribution in [3.05, 3.63) is 108 Å². The number of ether oxygens (including phenoxy) is 2. The molecule has 0 radical (unpaired) electrons. The predicted octanol–water partition coefficient (Wildman–Crippen LogP) is 5.90. The van der Waals surface area contributed by atoms with E-state index < -0.39 is 12.0 Å². The molecule has 1 amide bonds. The van der Waals surface area contributed by atoms with Gasteiger partial charge in [-0.15, -0.1) is 0 Å². The highest BCUT2D eigenvalue weighted by atomic mass is 19.1. The second-order valence-corrected chi connectivity index (χ2v) is 8.92. The number of halogens is 1. The Labute approximate surface area is 220 Å². The van der Waals surface area contributed by atoms with Gasteiger partial charge in [0.1, 0.15) is 24.3 Å². The zero-order valence-electron chi connectivity index (χ0n) is 21.1. The number of hydrogen-bond acceptors (Lipinski definition) is 6. The van der Waals surface area contributed by atoms with Gasteiger partial charge in [-0.1, -0.05) is 48.5 Å². The fourth-order valence-electron chi connectivity index (χ4n) is 3.97. The first-order chi connectivity index (χ1) is 18.4. The molecule has 1 aromatic heterocycles. The molecular weight excluding hydrogens is 485 g/mol. The fourth-order valence-corrected chi connectivity index (χ4v) is 3.97. The average molecular weight is 516 g/mol. The summed E-state index contributed by atoms with van der Waals surface area (Å²) in [6.07, 6.45) is 0.255. The zero-order chi connectivity index (χ0) is 26.9. The molecule has 3 aromatic carbocycles. The van der Waals surface area contributed by atoms with Crippen molar-refractivity contribution >= 4 is 22.5 Å². The summed E-state index contributed by atoms with van der Waals surface area (Å²) in [5.41, 5.74) is 3.71. The number of carbonyl (C=O) groups excluding carboxylic acids is 1. The Morgan fingerprint density at radius 3 is 2.47 bits per heavy atom. The van der Waals surface area contributed by atoms with Crippen molar-refractivity contribution in [2.75, 3.05) is 13.7 Å². The molecule has 4 aromatic rings. The Morgan fingerprint density at radius 2 is 1.74 bits per heavy atom. The largest absolute Gasteiger partial charge is 0.487 e. The second-order valence-electron chi connectivity index (χ2n) is 8.92. The highest BCUT2D eigenvalue weighted by molar-refractivity contribution is 5.87. The summed E-state index contributed by atoms with van der Waals surface area (Å²) in [5.74, 6) is -0.132. The van der Waals surface area contributed by atoms with Crippen molar-refractivity contribution in [1.82, 2.24) is 10.0 Å². The van der Waals surface area contributed by atoms with Gasteiger partial charge in [-0.2, -0.15) is 0 Å². The number of nitrogens with one attached hydrogen (secondary N) is 1. The van der Waals surface area contributed by atoms with E-state index in [1.807, 2.05) is 60.7 Å². The SMILES string of the molecule is CN(O)C(=O)CCOC(C(=N)CCc1ccc(F)cc1)c1ccc(OCc2ccc3ccccc3n2)cc1. The van der Waals surface area contributed by atoms with Gasteiger partial charge >= 0.3 is 0 Å². The highest BCUT2D eigenvalue weighted by Crippen LogP contribution is 2.25. The number of hydroxylamine groups is 2. The van der Waals surface area contributed by atoms with Gasteiger partial charge in [0.2, 0.25) is 5.91 Å². The highest BCUT2D eigenvalue weighted by Gasteiger charge is 2.19. The van der Waals surface area contributed by atoms with Crippen molar-refractivity contribution in [2.24, 2.45) is 0 Å². The maximum Gasteiger partial charge on any atom is 0.247 e. The van der Waals surface area contributed by atoms with Crippen LogP contribution in [0.5, 0.6) is 5.75 Å². The molecule has 8 heteroatoms. The van der Waals surface area contributed by atoms with E-state index in [1.54, 1.807) is 12.1 Å². The number of fused-ring (bicyclic) bond motifs is 1. The van der Waals surface area contributed by atoms with Crippen LogP contribution >= 0.6 is 0 Å². The Bertz CT molecular complexity index is 1370. The van der Waals surface area contributed by atoms with Gasteiger partial charge in [-0.25, -0.2) is 14.4 Å². The van der Waals surface area contributed by atoms with E-state index in [0.29, 0.717) is 36.0 Å². The van der Waals surface area contributed by atoms with Crippen LogP contribution in [-0.4, -0.2) is 40.5 Å². The maximum absolute atomic E-state index is 13.2. The molecule has 1 atom stereocenters. The van der Waals surface area contributed by atoms with E-state index in [-0.39, 0.29) is 18.8 Å². The number of aromatic nitrogens is 1. The number of para-hydroxylation sites is 1. The van der Waals surface area contributed by atoms with E-state index in [2.05, 4.69) is 4.98 Å². The quantitative estimate of drug-likeness (QED) is 0.139. The van der Waals surface area contributed by atoms with Crippen LogP contribution in [0.3, 0.4) is 0 Å². The van der Waals surface area contributed by atoms with E-state index in [0.717, 1.165) is 27.7 Å². The Morgan fingerprint density at radius 1 is 1.00 bits per heavy atom. The molecule has 196 valence electrons. The van der Waals surface area contributed by atoms with Crippen molar-refractivity contribution < 1.29 is 23.9 Å². The van der Waals surface area contributed by atoms with Crippen molar-refractivity contribution in [1.29, 1.82) is 5.41 Å². The lowest BCUT2D eigenvalue weighted by molar-refractivity contribution is -0.160. The lowest BCUT2D eigenvalue weighted by Crippen LogP contribution is -2.25. The minimum atomic E-state index is -0.677. The first-order valence-corrected chi connectivity index (χ1v) is 12.4. The van der Waals surface area contributed by atoms with E-state index in [9.17, 15) is 14.4 Å². The van der Waals surface area contributed by atoms with Crippen LogP contribution in [0.15, 0.2) is 84.9 Å². The minimum Gasteiger partial charge on any atom is -0.487 e. The van der Waals surface area contributed by atoms with Crippen molar-refractivity contribution in [2.45, 2.75) is 32.0 Å². The molecule has 4 rings (SSSR count). The number of amides is 1. The summed E-state index contributed by atoms with van der Waals surface area (Å²) in [4.78, 5) is 16.4. The number of pyridine rings is 1. The molecule has 0 bridgehead atoms. The lowest BCUT2D eigenvalue weighted by Gasteiger charge is -2.20. The minimum absolute atomic E-state index is 0.0192. The molecule has 0 aliphatic heterocycles. The fraction of sp³-hybridized carbons (Fsp3) is 0.233. The smallest absolute Gasteiger partial charge is 0.247 e. The van der Waals surface area contributed by atoms with Crippen LogP contribution in [0.2, 0.25) is 0 Å². The molecular formula is C30H30FN3O4. The number of nitrogens with zero attached hydrogens (tertiary/aromatic N) is 2. The summed E-state index contributed by atoms with van der Waals surface area (Å²) in [5, 5.41) is 19.6. The monoisotopic (exact) mass is 515 g/mol. The number of rotatable bonds is 12. The Kier molecular flexibility index (Phi) is 9.13. The third-order valence-corrected chi connectivity index (χ3v) is 6.10. The summed E-state index contributed by atoms with van der Waals surface area (Å²) >= 11 is 0. The second kappa shape index (κ2) is 12.9. The molecule has 0 saturated heterocycles. The molecule has 0 spiro atoms. The number of carbonyl (C=O) groups is 1. The van der Waals surface area contributed by atoms with Gasteiger partial charge in [0.25, 0.3) is 0 Å². The first-order valence-electron chi connectivity index (χ1n) is 12.4. The summed E-state index contributed by atoms with van der Waals surface area (Å²) in [6.45, 7) is 0.355. The van der Waals surface area contributed by atoms with Gasteiger partial charge in [0.05, 0.1) is 24.2 Å². The standard InChI is InChI=1S/C30H30FN3O4/c1-34(36)29(35)18-19-37-30(27(32)17-8-21-6-12-24(31)13-7-21)23-10-15-26(16-11-23)38-20-25-14-9-22-4-2-3-5-28(22)33-25/h2-7,9-16,30,32,36H,8,17-20H2,1H3. The number of hydrogen-bond donors (Lipinski definition) is 2. The molecule has 0 fully saturated rings. The third kappa shape index (κ3) is 7.44. The molecule has 38 heavy (non-hydrogen) atoms. The Hall–Kier alpha value is -4.14. The number of aryl methyl sites for hydroxylation is 1. The van der Waals surface area contributed by atoms with Crippen LogP contribution in [0.25, 0.3) is 10.9 Å². The number of benzene rings is 3. The Balaban J connectivity index is 1.41. The van der Waals surface area contributed by atoms with Gasteiger partial charge in [0.15, 0.2) is 0 Å². The van der Waals surface area contributed by atoms with Crippen LogP contribution in [0.1, 0.15) is 35.8 Å². The van der Waals surface area contributed by atoms with Crippen LogP contribution in [0, 0.1) is 11.2 Å². The van der Waals surface area contributed by atoms with Gasteiger partial charge in [-0.3, -0.25) is 10.0 Å². The maximum atomic E-state index is 13.2. The van der Waals surface area contributed by atoms with Gasteiger partial charge < -0.3 is 14.9 Å². The van der Waals surface area contributed by atoms with Crippen LogP contribution < -0.4 is 4.74 Å². The van der Waals surface area contributed by atoms with Gasteiger partial charge in [-0.05, 0) is 60.4 Å². The van der Waals surface area contributed by atoms with Gasteiger partial charge in [0, 0.05) is 18.1 Å². The zero-order valence-corrected chi connectivity index (χ0v) is 21.1. The average Bonchev–Trinajstić information content (AvgIpc) is 2.94. The predicted molar refractivity (Wildman–Crippen MR) is 143 cm³/mol. The summed E-state index contributed by atoms with van der Waals surface area (Å²) in [7, 11) is 1.26. The summed E-state index contributed by atoms with van der Waals surface area (Å²) in [6, 6.07) is 25.3. The van der Waals surface area contributed by atoms with E-state index in [1.165, 1.54) is 19.2 Å². The van der Waals surface area contributed by atoms with Crippen molar-refractivity contribution in [3.8, 4) is 5.75 Å². The summed E-state index contributed by atoms with van der Waals surface area (Å²) < 4.78 is 25.1. The molecule has 2 N–H and O–H groups in total. The first kappa shape index (κ1) is 26.9. The molecule has 0 aliphatic carbocycles. The third-order valence-electron chi connectivity index (χ3n) is 6.10. The van der Waals surface area contributed by atoms with E-state index >= 15 is 0 Å². The van der Waals surface area contributed by atoms with Crippen LogP contribution in [0.4, 0.5) is 4.39 Å². The van der Waals surface area contributed by atoms with Crippen molar-refractivity contribution in [3.63, 3.8) is 0 Å². The molecule has 1 heterocycles. The molecule has 0 saturated carbocycles. The lowest BCUT2D eigenvalue weighted by atomic mass is 9.99. The van der Waals surface area contributed by atoms with E-state index in [4.69, 9.17) is 14.9 Å². The normalized spacial score (nSPS) is 11.8. The molecule has 7 nitrogen and oxygen atoms in total. The molecule has 0 aliphatic rings. The topological polar surface area (TPSA) is 95.7 Å².